The summed E-state index contributed by atoms with van der Waals surface area (Å²) in [6.45, 7) is 1.73. The van der Waals surface area contributed by atoms with Gasteiger partial charge in [0.25, 0.3) is 0 Å². The molecule has 2 N–H and O–H groups in total. The van der Waals surface area contributed by atoms with Crippen molar-refractivity contribution in [3.8, 4) is 0 Å². The minimum absolute atomic E-state index is 0.363. The fourth-order valence-electron chi connectivity index (χ4n) is 0.893. The van der Waals surface area contributed by atoms with E-state index in [9.17, 15) is 12.8 Å². The maximum atomic E-state index is 12.2. The highest BCUT2D eigenvalue weighted by molar-refractivity contribution is 7.86. The molecule has 0 aliphatic carbocycles. The predicted octanol–water partition coefficient (Wildman–Crippen LogP) is 0.266. The Kier molecular flexibility index (Phi) is 3.10. The Morgan fingerprint density at radius 3 is 2.13 bits per heavy atom. The van der Waals surface area contributed by atoms with Gasteiger partial charge in [-0.3, -0.25) is 0 Å². The fraction of sp³-hybridized carbons (Fsp3) is 0.250. The van der Waals surface area contributed by atoms with Crippen LogP contribution in [0.1, 0.15) is 5.56 Å². The monoisotopic (exact) mass is 236 g/mol. The summed E-state index contributed by atoms with van der Waals surface area (Å²) in [7, 11) is -4.51. The fourth-order valence-corrected chi connectivity index (χ4v) is 1.74. The van der Waals surface area contributed by atoms with E-state index in [0.29, 0.717) is 0 Å². The molecule has 5 nitrogen and oxygen atoms in total. The molecule has 0 atom stereocenters. The average molecular weight is 236 g/mol. The van der Waals surface area contributed by atoms with Gasteiger partial charge in [0.05, 0.1) is 4.90 Å². The van der Waals surface area contributed by atoms with Crippen LogP contribution < -0.4 is 0 Å². The summed E-state index contributed by atoms with van der Waals surface area (Å²) in [4.78, 5) is -0.363. The number of aryl methyl sites for hydroxylation is 1. The van der Waals surface area contributed by atoms with Crippen molar-refractivity contribution in [1.29, 1.82) is 0 Å². The number of hydrogen-bond donors (Lipinski definition) is 2. The van der Waals surface area contributed by atoms with Gasteiger partial charge in [0, 0.05) is 0 Å². The second-order valence-electron chi connectivity index (χ2n) is 2.88. The summed E-state index contributed by atoms with van der Waals surface area (Å²) in [6.07, 6.45) is -4.20. The Labute approximate surface area is 85.9 Å². The number of alkyl halides is 1. The van der Waals surface area contributed by atoms with E-state index in [1.807, 2.05) is 0 Å². The zero-order valence-corrected chi connectivity index (χ0v) is 8.53. The summed E-state index contributed by atoms with van der Waals surface area (Å²) in [5, 5.41) is 16.3. The molecule has 0 fully saturated rings. The summed E-state index contributed by atoms with van der Waals surface area (Å²) >= 11 is 0. The molecule has 1 aromatic rings. The van der Waals surface area contributed by atoms with E-state index in [2.05, 4.69) is 4.18 Å². The highest BCUT2D eigenvalue weighted by Crippen LogP contribution is 2.18. The maximum Gasteiger partial charge on any atom is 0.458 e. The zero-order valence-electron chi connectivity index (χ0n) is 7.71. The van der Waals surface area contributed by atoms with Gasteiger partial charge in [-0.25, -0.2) is 0 Å². The molecule has 0 amide bonds. The average Bonchev–Trinajstić information content (AvgIpc) is 2.00. The van der Waals surface area contributed by atoms with Crippen LogP contribution in [0.5, 0.6) is 0 Å². The van der Waals surface area contributed by atoms with Gasteiger partial charge in [-0.1, -0.05) is 17.7 Å². The molecule has 0 aromatic heterocycles. The third-order valence-electron chi connectivity index (χ3n) is 1.53. The molecule has 0 spiro atoms. The smallest absolute Gasteiger partial charge is 0.315 e. The molecule has 84 valence electrons. The molecule has 0 heterocycles. The van der Waals surface area contributed by atoms with E-state index in [0.717, 1.165) is 17.7 Å². The summed E-state index contributed by atoms with van der Waals surface area (Å²) in [6, 6.07) is 5.25. The molecular weight excluding hydrogens is 227 g/mol. The first-order valence-electron chi connectivity index (χ1n) is 3.87. The predicted molar refractivity (Wildman–Crippen MR) is 47.7 cm³/mol. The Hall–Kier alpha value is -1.02. The van der Waals surface area contributed by atoms with Crippen LogP contribution in [0.4, 0.5) is 4.39 Å². The largest absolute Gasteiger partial charge is 0.458 e. The van der Waals surface area contributed by atoms with Crippen LogP contribution in [0, 0.1) is 6.92 Å². The van der Waals surface area contributed by atoms with E-state index in [1.165, 1.54) is 12.1 Å². The molecule has 0 bridgehead atoms. The lowest BCUT2D eigenvalue weighted by molar-refractivity contribution is -0.373. The van der Waals surface area contributed by atoms with E-state index >= 15 is 0 Å². The van der Waals surface area contributed by atoms with Gasteiger partial charge < -0.3 is 10.2 Å². The number of hydrogen-bond acceptors (Lipinski definition) is 5. The van der Waals surface area contributed by atoms with Gasteiger partial charge in [0.2, 0.25) is 0 Å². The molecule has 0 saturated carbocycles. The summed E-state index contributed by atoms with van der Waals surface area (Å²) < 4.78 is 38.0. The number of benzene rings is 1. The lowest BCUT2D eigenvalue weighted by Gasteiger charge is -2.11. The van der Waals surface area contributed by atoms with E-state index in [4.69, 9.17) is 10.2 Å². The Morgan fingerprint density at radius 2 is 1.73 bits per heavy atom. The van der Waals surface area contributed by atoms with E-state index < -0.39 is 16.3 Å². The van der Waals surface area contributed by atoms with Gasteiger partial charge in [-0.05, 0) is 19.1 Å². The van der Waals surface area contributed by atoms with Gasteiger partial charge in [0.1, 0.15) is 0 Å². The first kappa shape index (κ1) is 12.1. The molecular formula is C8H9FO5S. The molecule has 7 heteroatoms. The van der Waals surface area contributed by atoms with Crippen molar-refractivity contribution in [3.05, 3.63) is 29.8 Å². The number of aliphatic hydroxyl groups is 2. The standard InChI is InChI=1S/C8H9FO5S/c1-6-2-4-7(5-3-6)15(12,13)14-8(9,10)11/h2-5,10-11H,1H3. The van der Waals surface area contributed by atoms with Crippen LogP contribution >= 0.6 is 0 Å². The highest BCUT2D eigenvalue weighted by Gasteiger charge is 2.32. The lowest BCUT2D eigenvalue weighted by atomic mass is 10.2. The topological polar surface area (TPSA) is 83.8 Å². The van der Waals surface area contributed by atoms with Crippen LogP contribution in [0.3, 0.4) is 0 Å². The molecule has 15 heavy (non-hydrogen) atoms. The maximum absolute atomic E-state index is 12.2. The van der Waals surface area contributed by atoms with Crippen LogP contribution in [0.15, 0.2) is 29.2 Å². The molecule has 0 aliphatic rings. The van der Waals surface area contributed by atoms with Crippen LogP contribution in [-0.2, 0) is 14.3 Å². The van der Waals surface area contributed by atoms with Crippen molar-refractivity contribution in [2.45, 2.75) is 18.0 Å². The Bertz CT molecular complexity index is 431. The Morgan fingerprint density at radius 1 is 1.27 bits per heavy atom. The molecule has 0 unspecified atom stereocenters. The quantitative estimate of drug-likeness (QED) is 0.581. The zero-order chi connectivity index (χ0) is 11.7. The van der Waals surface area contributed by atoms with Crippen molar-refractivity contribution in [3.63, 3.8) is 0 Å². The third-order valence-corrected chi connectivity index (χ3v) is 2.81. The van der Waals surface area contributed by atoms with Crippen molar-refractivity contribution in [2.75, 3.05) is 0 Å². The van der Waals surface area contributed by atoms with Crippen LogP contribution in [0.25, 0.3) is 0 Å². The summed E-state index contributed by atoms with van der Waals surface area (Å²) in [5.41, 5.74) is 0.799. The summed E-state index contributed by atoms with van der Waals surface area (Å²) in [5.74, 6) is 0. The van der Waals surface area contributed by atoms with Gasteiger partial charge >= 0.3 is 16.3 Å². The molecule has 1 rings (SSSR count). The van der Waals surface area contributed by atoms with Gasteiger partial charge in [0.15, 0.2) is 0 Å². The second-order valence-corrected chi connectivity index (χ2v) is 4.43. The highest BCUT2D eigenvalue weighted by atomic mass is 32.2. The first-order valence-corrected chi connectivity index (χ1v) is 5.27. The normalized spacial score (nSPS) is 12.8. The molecule has 0 saturated heterocycles. The van der Waals surface area contributed by atoms with Gasteiger partial charge in [-0.15, -0.1) is 0 Å². The third kappa shape index (κ3) is 3.56. The molecule has 1 aromatic carbocycles. The van der Waals surface area contributed by atoms with Crippen molar-refractivity contribution >= 4 is 10.1 Å². The van der Waals surface area contributed by atoms with Gasteiger partial charge in [-0.2, -0.15) is 17.0 Å². The number of rotatable bonds is 3. The van der Waals surface area contributed by atoms with Crippen LogP contribution in [-0.4, -0.2) is 24.9 Å². The SMILES string of the molecule is Cc1ccc(S(=O)(=O)OC(O)(O)F)cc1. The van der Waals surface area contributed by atoms with E-state index in [-0.39, 0.29) is 4.90 Å². The van der Waals surface area contributed by atoms with Crippen LogP contribution in [0.2, 0.25) is 0 Å². The molecule has 0 radical (unpaired) electrons. The minimum Gasteiger partial charge on any atom is -0.315 e. The lowest BCUT2D eigenvalue weighted by Crippen LogP contribution is -2.29. The van der Waals surface area contributed by atoms with E-state index in [1.54, 1.807) is 6.92 Å². The van der Waals surface area contributed by atoms with Crippen molar-refractivity contribution in [2.24, 2.45) is 0 Å². The minimum atomic E-state index is -4.51. The number of halogens is 1. The first-order chi connectivity index (χ1) is 6.71. The van der Waals surface area contributed by atoms with Crippen molar-refractivity contribution in [1.82, 2.24) is 0 Å². The molecule has 0 aliphatic heterocycles. The second kappa shape index (κ2) is 3.86. The van der Waals surface area contributed by atoms with Crippen molar-refractivity contribution < 1.29 is 27.2 Å². The Balaban J connectivity index is 3.02.